The Labute approximate surface area is 186 Å². The Morgan fingerprint density at radius 1 is 0.968 bits per heavy atom. The largest absolute Gasteiger partial charge is 0.368 e. The summed E-state index contributed by atoms with van der Waals surface area (Å²) in [5, 5.41) is 3.29. The zero-order chi connectivity index (χ0) is 22.0. The number of carbonyl (C=O) groups is 2. The number of carbonyl (C=O) groups excluding carboxylic acids is 2. The van der Waals surface area contributed by atoms with Crippen molar-refractivity contribution in [1.29, 1.82) is 0 Å². The molecular weight excluding hydrogens is 440 g/mol. The van der Waals surface area contributed by atoms with Gasteiger partial charge in [-0.15, -0.1) is 0 Å². The predicted octanol–water partition coefficient (Wildman–Crippen LogP) is 1.42. The summed E-state index contributed by atoms with van der Waals surface area (Å²) in [7, 11) is -3.85. The number of sulfonamides is 1. The van der Waals surface area contributed by atoms with Gasteiger partial charge in [0.15, 0.2) is 0 Å². The maximum atomic E-state index is 13.0. The molecule has 0 atom stereocenters. The average molecular weight is 463 g/mol. The summed E-state index contributed by atoms with van der Waals surface area (Å²) in [6.45, 7) is 2.68. The normalized spacial score (nSPS) is 18.0. The van der Waals surface area contributed by atoms with Crippen molar-refractivity contribution in [3.05, 3.63) is 59.1 Å². The minimum absolute atomic E-state index is 0.0212. The number of benzene rings is 2. The molecule has 4 rings (SSSR count). The third-order valence-electron chi connectivity index (χ3n) is 5.48. The zero-order valence-electron chi connectivity index (χ0n) is 16.8. The Morgan fingerprint density at radius 2 is 1.68 bits per heavy atom. The van der Waals surface area contributed by atoms with Crippen molar-refractivity contribution in [2.24, 2.45) is 0 Å². The number of amides is 2. The van der Waals surface area contributed by atoms with E-state index >= 15 is 0 Å². The van der Waals surface area contributed by atoms with Crippen molar-refractivity contribution in [2.75, 3.05) is 50.7 Å². The second-order valence-corrected chi connectivity index (χ2v) is 9.85. The molecule has 0 aliphatic carbocycles. The van der Waals surface area contributed by atoms with Crippen molar-refractivity contribution >= 4 is 39.1 Å². The summed E-state index contributed by atoms with van der Waals surface area (Å²) in [5.74, 6) is -0.537. The van der Waals surface area contributed by atoms with Gasteiger partial charge in [-0.3, -0.25) is 9.59 Å². The van der Waals surface area contributed by atoms with E-state index in [1.54, 1.807) is 17.0 Å². The molecule has 0 radical (unpaired) electrons. The molecule has 2 fully saturated rings. The second-order valence-electron chi connectivity index (χ2n) is 7.47. The van der Waals surface area contributed by atoms with Crippen LogP contribution in [0.1, 0.15) is 10.4 Å². The SMILES string of the molecule is O=C1CN(S(=O)(=O)c2cccc(C(=O)N3CCN(c4ccc(Cl)cc4)CC3)c2)CCN1. The van der Waals surface area contributed by atoms with E-state index in [0.717, 1.165) is 9.99 Å². The van der Waals surface area contributed by atoms with Gasteiger partial charge in [0.05, 0.1) is 11.4 Å². The highest BCUT2D eigenvalue weighted by Gasteiger charge is 2.30. The van der Waals surface area contributed by atoms with Crippen LogP contribution in [0.2, 0.25) is 5.02 Å². The molecule has 2 aromatic rings. The van der Waals surface area contributed by atoms with Crippen molar-refractivity contribution in [2.45, 2.75) is 4.90 Å². The van der Waals surface area contributed by atoms with Crippen molar-refractivity contribution in [3.8, 4) is 0 Å². The summed E-state index contributed by atoms with van der Waals surface area (Å²) >= 11 is 5.95. The Kier molecular flexibility index (Phi) is 6.17. The van der Waals surface area contributed by atoms with E-state index in [-0.39, 0.29) is 36.3 Å². The van der Waals surface area contributed by atoms with Crippen LogP contribution in [0, 0.1) is 0 Å². The van der Waals surface area contributed by atoms with Crippen LogP contribution in [-0.4, -0.2) is 75.3 Å². The molecule has 2 heterocycles. The number of rotatable bonds is 4. The first-order valence-corrected chi connectivity index (χ1v) is 11.8. The first kappa shape index (κ1) is 21.6. The van der Waals surface area contributed by atoms with E-state index in [4.69, 9.17) is 11.6 Å². The van der Waals surface area contributed by atoms with Gasteiger partial charge in [0, 0.05) is 55.5 Å². The standard InChI is InChI=1S/C21H23ClN4O4S/c22-17-4-6-18(7-5-17)24-10-12-25(13-11-24)21(28)16-2-1-3-19(14-16)31(29,30)26-9-8-23-20(27)15-26/h1-7,14H,8-13,15H2,(H,23,27). The molecule has 0 bridgehead atoms. The number of nitrogens with zero attached hydrogens (tertiary/aromatic N) is 3. The fraction of sp³-hybridized carbons (Fsp3) is 0.333. The molecular formula is C21H23ClN4O4S. The predicted molar refractivity (Wildman–Crippen MR) is 118 cm³/mol. The van der Waals surface area contributed by atoms with Crippen LogP contribution in [-0.2, 0) is 14.8 Å². The van der Waals surface area contributed by atoms with Gasteiger partial charge in [0.2, 0.25) is 15.9 Å². The van der Waals surface area contributed by atoms with E-state index in [2.05, 4.69) is 10.2 Å². The molecule has 2 saturated heterocycles. The molecule has 2 aliphatic heterocycles. The van der Waals surface area contributed by atoms with E-state index < -0.39 is 10.0 Å². The summed E-state index contributed by atoms with van der Waals surface area (Å²) in [4.78, 5) is 28.5. The summed E-state index contributed by atoms with van der Waals surface area (Å²) in [6, 6.07) is 13.6. The fourth-order valence-corrected chi connectivity index (χ4v) is 5.33. The van der Waals surface area contributed by atoms with E-state index in [0.29, 0.717) is 36.8 Å². The highest BCUT2D eigenvalue weighted by atomic mass is 35.5. The monoisotopic (exact) mass is 462 g/mol. The molecule has 0 spiro atoms. The van der Waals surface area contributed by atoms with Gasteiger partial charge in [0.25, 0.3) is 5.91 Å². The molecule has 164 valence electrons. The topological polar surface area (TPSA) is 90.0 Å². The van der Waals surface area contributed by atoms with Crippen LogP contribution in [0.5, 0.6) is 0 Å². The number of piperazine rings is 2. The molecule has 0 saturated carbocycles. The highest BCUT2D eigenvalue weighted by molar-refractivity contribution is 7.89. The number of halogens is 1. The van der Waals surface area contributed by atoms with Gasteiger partial charge in [-0.25, -0.2) is 8.42 Å². The molecule has 8 nitrogen and oxygen atoms in total. The molecule has 2 aliphatic rings. The lowest BCUT2D eigenvalue weighted by atomic mass is 10.1. The van der Waals surface area contributed by atoms with Crippen LogP contribution in [0.3, 0.4) is 0 Å². The zero-order valence-corrected chi connectivity index (χ0v) is 18.4. The number of hydrogen-bond acceptors (Lipinski definition) is 5. The number of anilines is 1. The van der Waals surface area contributed by atoms with Crippen LogP contribution in [0.25, 0.3) is 0 Å². The van der Waals surface area contributed by atoms with E-state index in [1.807, 2.05) is 24.3 Å². The summed E-state index contributed by atoms with van der Waals surface area (Å²) in [6.07, 6.45) is 0. The highest BCUT2D eigenvalue weighted by Crippen LogP contribution is 2.22. The Balaban J connectivity index is 1.45. The van der Waals surface area contributed by atoms with Gasteiger partial charge in [-0.1, -0.05) is 17.7 Å². The fourth-order valence-electron chi connectivity index (χ4n) is 3.76. The molecule has 2 amide bonds. The quantitative estimate of drug-likeness (QED) is 0.742. The Morgan fingerprint density at radius 3 is 2.35 bits per heavy atom. The second kappa shape index (κ2) is 8.86. The lowest BCUT2D eigenvalue weighted by molar-refractivity contribution is -0.122. The smallest absolute Gasteiger partial charge is 0.254 e. The van der Waals surface area contributed by atoms with Crippen molar-refractivity contribution in [3.63, 3.8) is 0 Å². The van der Waals surface area contributed by atoms with Crippen molar-refractivity contribution in [1.82, 2.24) is 14.5 Å². The molecule has 10 heteroatoms. The van der Waals surface area contributed by atoms with Crippen LogP contribution < -0.4 is 10.2 Å². The third kappa shape index (κ3) is 4.68. The minimum atomic E-state index is -3.85. The van der Waals surface area contributed by atoms with Crippen LogP contribution in [0.15, 0.2) is 53.4 Å². The molecule has 1 N–H and O–H groups in total. The van der Waals surface area contributed by atoms with Gasteiger partial charge in [0.1, 0.15) is 0 Å². The Hall–Kier alpha value is -2.62. The molecule has 2 aromatic carbocycles. The molecule has 0 unspecified atom stereocenters. The van der Waals surface area contributed by atoms with E-state index in [1.165, 1.54) is 12.1 Å². The van der Waals surface area contributed by atoms with Gasteiger partial charge >= 0.3 is 0 Å². The Bertz CT molecular complexity index is 1080. The minimum Gasteiger partial charge on any atom is -0.368 e. The first-order chi connectivity index (χ1) is 14.8. The van der Waals surface area contributed by atoms with Crippen LogP contribution in [0.4, 0.5) is 5.69 Å². The lowest BCUT2D eigenvalue weighted by Gasteiger charge is -2.36. The molecule has 0 aromatic heterocycles. The van der Waals surface area contributed by atoms with Crippen LogP contribution >= 0.6 is 11.6 Å². The first-order valence-electron chi connectivity index (χ1n) is 10.0. The maximum Gasteiger partial charge on any atom is 0.254 e. The summed E-state index contributed by atoms with van der Waals surface area (Å²) in [5.41, 5.74) is 1.37. The third-order valence-corrected chi connectivity index (χ3v) is 7.57. The summed E-state index contributed by atoms with van der Waals surface area (Å²) < 4.78 is 27.0. The van der Waals surface area contributed by atoms with Gasteiger partial charge in [-0.2, -0.15) is 4.31 Å². The van der Waals surface area contributed by atoms with E-state index in [9.17, 15) is 18.0 Å². The lowest BCUT2D eigenvalue weighted by Crippen LogP contribution is -2.50. The van der Waals surface area contributed by atoms with Gasteiger partial charge < -0.3 is 15.1 Å². The number of hydrogen-bond donors (Lipinski definition) is 1. The maximum absolute atomic E-state index is 13.0. The number of nitrogens with one attached hydrogen (secondary N) is 1. The molecule has 31 heavy (non-hydrogen) atoms. The van der Waals surface area contributed by atoms with Gasteiger partial charge in [-0.05, 0) is 42.5 Å². The van der Waals surface area contributed by atoms with Crippen molar-refractivity contribution < 1.29 is 18.0 Å². The average Bonchev–Trinajstić information content (AvgIpc) is 2.79.